The van der Waals surface area contributed by atoms with E-state index in [2.05, 4.69) is 11.6 Å². The molecule has 0 aliphatic carbocycles. The Bertz CT molecular complexity index is 187. The molecule has 0 bridgehead atoms. The van der Waals surface area contributed by atoms with E-state index in [0.29, 0.717) is 0 Å². The van der Waals surface area contributed by atoms with Gasteiger partial charge in [-0.15, -0.1) is 0 Å². The third kappa shape index (κ3) is 2.80. The Morgan fingerprint density at radius 2 is 1.91 bits per heavy atom. The zero-order chi connectivity index (χ0) is 9.23. The smallest absolute Gasteiger partial charge is 0.381 e. The number of alkyl halides is 3. The van der Waals surface area contributed by atoms with E-state index in [9.17, 15) is 18.4 Å². The SMILES string of the molecule is CC(C(=O)O)C(=O)C(F)(F)Cl. The highest BCUT2D eigenvalue weighted by Crippen LogP contribution is 2.23. The highest BCUT2D eigenvalue weighted by atomic mass is 35.5. The number of carbonyl (C=O) groups excluding carboxylic acids is 1. The Kier molecular flexibility index (Phi) is 2.92. The van der Waals surface area contributed by atoms with Crippen LogP contribution >= 0.6 is 11.6 Å². The van der Waals surface area contributed by atoms with Gasteiger partial charge in [0.05, 0.1) is 0 Å². The molecule has 3 nitrogen and oxygen atoms in total. The predicted octanol–water partition coefficient (Wildman–Crippen LogP) is 1.11. The number of hydrogen-bond donors (Lipinski definition) is 1. The van der Waals surface area contributed by atoms with Crippen LogP contribution in [0.25, 0.3) is 0 Å². The van der Waals surface area contributed by atoms with Gasteiger partial charge in [-0.2, -0.15) is 8.78 Å². The molecule has 0 amide bonds. The predicted molar refractivity (Wildman–Crippen MR) is 32.6 cm³/mol. The van der Waals surface area contributed by atoms with Crippen LogP contribution < -0.4 is 0 Å². The fourth-order valence-corrected chi connectivity index (χ4v) is 0.521. The van der Waals surface area contributed by atoms with Crippen molar-refractivity contribution in [2.24, 2.45) is 5.92 Å². The molecule has 1 unspecified atom stereocenters. The van der Waals surface area contributed by atoms with E-state index in [1.54, 1.807) is 0 Å². The normalized spacial score (nSPS) is 14.2. The van der Waals surface area contributed by atoms with E-state index in [0.717, 1.165) is 6.92 Å². The minimum atomic E-state index is -4.09. The van der Waals surface area contributed by atoms with E-state index in [1.165, 1.54) is 0 Å². The molecular weight excluding hydrogens is 182 g/mol. The average Bonchev–Trinajstić information content (AvgIpc) is 1.82. The molecule has 1 N–H and O–H groups in total. The molecule has 0 rings (SSSR count). The number of hydrogen-bond acceptors (Lipinski definition) is 2. The van der Waals surface area contributed by atoms with Gasteiger partial charge in [0.25, 0.3) is 0 Å². The average molecular weight is 187 g/mol. The summed E-state index contributed by atoms with van der Waals surface area (Å²) in [5.41, 5.74) is 0. The Labute approximate surface area is 66.0 Å². The number of ketones is 1. The van der Waals surface area contributed by atoms with Crippen LogP contribution in [-0.4, -0.2) is 22.2 Å². The Balaban J connectivity index is 4.39. The van der Waals surface area contributed by atoms with Crippen LogP contribution in [0.5, 0.6) is 0 Å². The topological polar surface area (TPSA) is 54.4 Å². The van der Waals surface area contributed by atoms with Crippen molar-refractivity contribution < 1.29 is 23.5 Å². The lowest BCUT2D eigenvalue weighted by molar-refractivity contribution is -0.151. The minimum absolute atomic E-state index is 0.848. The fraction of sp³-hybridized carbons (Fsp3) is 0.600. The summed E-state index contributed by atoms with van der Waals surface area (Å²) in [6.45, 7) is 0.848. The van der Waals surface area contributed by atoms with Gasteiger partial charge < -0.3 is 5.11 Å². The van der Waals surface area contributed by atoms with Crippen LogP contribution in [0, 0.1) is 5.92 Å². The maximum absolute atomic E-state index is 11.9. The van der Waals surface area contributed by atoms with Crippen molar-refractivity contribution in [2.75, 3.05) is 0 Å². The van der Waals surface area contributed by atoms with Gasteiger partial charge in [-0.25, -0.2) is 0 Å². The molecule has 6 heteroatoms. The minimum Gasteiger partial charge on any atom is -0.481 e. The first-order valence-electron chi connectivity index (χ1n) is 2.60. The molecule has 0 fully saturated rings. The molecule has 0 heterocycles. The van der Waals surface area contributed by atoms with Crippen molar-refractivity contribution in [3.05, 3.63) is 0 Å². The summed E-state index contributed by atoms with van der Waals surface area (Å²) in [7, 11) is 0. The van der Waals surface area contributed by atoms with Crippen molar-refractivity contribution >= 4 is 23.4 Å². The second kappa shape index (κ2) is 3.13. The number of halogens is 3. The molecule has 1 atom stereocenters. The van der Waals surface area contributed by atoms with Gasteiger partial charge in [0.15, 0.2) is 0 Å². The fourth-order valence-electron chi connectivity index (χ4n) is 0.358. The van der Waals surface area contributed by atoms with Gasteiger partial charge in [0, 0.05) is 0 Å². The van der Waals surface area contributed by atoms with Gasteiger partial charge in [0.2, 0.25) is 5.78 Å². The summed E-state index contributed by atoms with van der Waals surface area (Å²) in [6, 6.07) is 0. The van der Waals surface area contributed by atoms with Gasteiger partial charge in [0.1, 0.15) is 5.92 Å². The number of carboxylic acids is 1. The highest BCUT2D eigenvalue weighted by molar-refractivity contribution is 6.34. The molecule has 11 heavy (non-hydrogen) atoms. The molecule has 0 aromatic carbocycles. The lowest BCUT2D eigenvalue weighted by Gasteiger charge is -2.08. The monoisotopic (exact) mass is 186 g/mol. The molecule has 0 aromatic heterocycles. The molecule has 0 aromatic rings. The van der Waals surface area contributed by atoms with Crippen LogP contribution in [0.4, 0.5) is 8.78 Å². The van der Waals surface area contributed by atoms with Gasteiger partial charge in [-0.1, -0.05) is 0 Å². The zero-order valence-electron chi connectivity index (χ0n) is 5.47. The first-order valence-corrected chi connectivity index (χ1v) is 2.98. The number of Topliss-reactive ketones (excluding diaryl/α,β-unsaturated/α-hetero) is 1. The Morgan fingerprint density at radius 3 is 2.00 bits per heavy atom. The first-order chi connectivity index (χ1) is 4.76. The second-order valence-corrected chi connectivity index (χ2v) is 2.40. The van der Waals surface area contributed by atoms with Gasteiger partial charge in [-0.3, -0.25) is 9.59 Å². The van der Waals surface area contributed by atoms with E-state index in [4.69, 9.17) is 5.11 Å². The second-order valence-electron chi connectivity index (χ2n) is 1.92. The largest absolute Gasteiger partial charge is 0.481 e. The standard InChI is InChI=1S/C5H5ClF2O3/c1-2(4(10)11)3(9)5(6,7)8/h2H,1H3,(H,10,11). The molecule has 0 spiro atoms. The summed E-state index contributed by atoms with van der Waals surface area (Å²) in [6.07, 6.45) is 0. The number of carbonyl (C=O) groups is 2. The van der Waals surface area contributed by atoms with E-state index in [-0.39, 0.29) is 0 Å². The maximum atomic E-state index is 11.9. The van der Waals surface area contributed by atoms with Gasteiger partial charge >= 0.3 is 11.4 Å². The van der Waals surface area contributed by atoms with Crippen molar-refractivity contribution in [2.45, 2.75) is 12.3 Å². The van der Waals surface area contributed by atoms with Crippen LogP contribution in [0.15, 0.2) is 0 Å². The lowest BCUT2D eigenvalue weighted by Crippen LogP contribution is -2.32. The van der Waals surface area contributed by atoms with Crippen molar-refractivity contribution in [3.63, 3.8) is 0 Å². The number of carboxylic acid groups (broad SMARTS) is 1. The third-order valence-corrected chi connectivity index (χ3v) is 1.23. The van der Waals surface area contributed by atoms with E-state index in [1.807, 2.05) is 0 Å². The third-order valence-electron chi connectivity index (χ3n) is 1.04. The molecule has 0 radical (unpaired) electrons. The first kappa shape index (κ1) is 10.3. The van der Waals surface area contributed by atoms with Crippen molar-refractivity contribution in [1.29, 1.82) is 0 Å². The Hall–Kier alpha value is -0.710. The van der Waals surface area contributed by atoms with E-state index >= 15 is 0 Å². The number of aliphatic carboxylic acids is 1. The molecule has 0 aliphatic rings. The van der Waals surface area contributed by atoms with Crippen molar-refractivity contribution in [1.82, 2.24) is 0 Å². The van der Waals surface area contributed by atoms with Crippen LogP contribution in [-0.2, 0) is 9.59 Å². The van der Waals surface area contributed by atoms with Crippen molar-refractivity contribution in [3.8, 4) is 0 Å². The van der Waals surface area contributed by atoms with Crippen LogP contribution in [0.3, 0.4) is 0 Å². The molecule has 64 valence electrons. The summed E-state index contributed by atoms with van der Waals surface area (Å²) in [4.78, 5) is 20.3. The van der Waals surface area contributed by atoms with Crippen LogP contribution in [0.1, 0.15) is 6.92 Å². The zero-order valence-corrected chi connectivity index (χ0v) is 6.23. The molecule has 0 aliphatic heterocycles. The molecule has 0 saturated carbocycles. The summed E-state index contributed by atoms with van der Waals surface area (Å²) in [5.74, 6) is -5.19. The molecule has 0 saturated heterocycles. The van der Waals surface area contributed by atoms with Crippen LogP contribution in [0.2, 0.25) is 0 Å². The lowest BCUT2D eigenvalue weighted by atomic mass is 10.1. The summed E-state index contributed by atoms with van der Waals surface area (Å²) in [5, 5.41) is 4.02. The van der Waals surface area contributed by atoms with Gasteiger partial charge in [-0.05, 0) is 18.5 Å². The quantitative estimate of drug-likeness (QED) is 0.531. The number of rotatable bonds is 3. The van der Waals surface area contributed by atoms with E-state index < -0.39 is 23.1 Å². The highest BCUT2D eigenvalue weighted by Gasteiger charge is 2.41. The molecular formula is C5H5ClF2O3. The summed E-state index contributed by atoms with van der Waals surface area (Å²) < 4.78 is 23.8. The Morgan fingerprint density at radius 1 is 1.55 bits per heavy atom. The maximum Gasteiger partial charge on any atom is 0.381 e. The summed E-state index contributed by atoms with van der Waals surface area (Å²) >= 11 is 4.28.